The number of hydrogen-bond acceptors (Lipinski definition) is 3. The Balaban J connectivity index is 1.22. The lowest BCUT2D eigenvalue weighted by molar-refractivity contribution is -0.132. The summed E-state index contributed by atoms with van der Waals surface area (Å²) in [6, 6.07) is 21.4. The van der Waals surface area contributed by atoms with Gasteiger partial charge in [0.15, 0.2) is 0 Å². The summed E-state index contributed by atoms with van der Waals surface area (Å²) < 4.78 is 42.8. The molecule has 5 rings (SSSR count). The first-order valence-corrected chi connectivity index (χ1v) is 13.9. The molecule has 2 heterocycles. The average molecular weight is 520 g/mol. The van der Waals surface area contributed by atoms with Gasteiger partial charge in [0.25, 0.3) is 0 Å². The van der Waals surface area contributed by atoms with E-state index >= 15 is 0 Å². The first kappa shape index (κ1) is 25.2. The molecule has 0 aliphatic carbocycles. The van der Waals surface area contributed by atoms with Crippen LogP contribution in [0.25, 0.3) is 10.9 Å². The van der Waals surface area contributed by atoms with E-state index in [0.29, 0.717) is 45.6 Å². The molecule has 1 aliphatic rings. The van der Waals surface area contributed by atoms with Crippen LogP contribution in [0.5, 0.6) is 0 Å². The maximum atomic E-state index is 13.3. The minimum absolute atomic E-state index is 0.0303. The Bertz CT molecular complexity index is 1500. The van der Waals surface area contributed by atoms with Crippen molar-refractivity contribution in [2.24, 2.45) is 0 Å². The molecule has 3 aromatic carbocycles. The largest absolute Gasteiger partial charge is 0.343 e. The Hall–Kier alpha value is -3.49. The maximum Gasteiger partial charge on any atom is 0.243 e. The number of carbonyl (C=O) groups is 1. The molecule has 1 saturated heterocycles. The molecule has 1 fully saturated rings. The number of benzene rings is 3. The van der Waals surface area contributed by atoms with E-state index in [1.165, 1.54) is 16.4 Å². The van der Waals surface area contributed by atoms with Gasteiger partial charge in [-0.25, -0.2) is 12.8 Å². The van der Waals surface area contributed by atoms with Crippen LogP contribution in [0.2, 0.25) is 0 Å². The monoisotopic (exact) mass is 519 g/mol. The number of piperazine rings is 1. The Morgan fingerprint density at radius 1 is 0.892 bits per heavy atom. The Kier molecular flexibility index (Phi) is 7.13. The third-order valence-electron chi connectivity index (χ3n) is 7.00. The fourth-order valence-electron chi connectivity index (χ4n) is 4.88. The van der Waals surface area contributed by atoms with Crippen molar-refractivity contribution in [3.63, 3.8) is 0 Å². The molecule has 1 aromatic heterocycles. The highest BCUT2D eigenvalue weighted by atomic mass is 32.2. The molecule has 4 aromatic rings. The van der Waals surface area contributed by atoms with E-state index in [-0.39, 0.29) is 16.6 Å². The van der Waals surface area contributed by atoms with Crippen LogP contribution in [0, 0.1) is 12.7 Å². The summed E-state index contributed by atoms with van der Waals surface area (Å²) in [4.78, 5) is 15.1. The third kappa shape index (κ3) is 5.45. The van der Waals surface area contributed by atoms with Gasteiger partial charge in [-0.15, -0.1) is 0 Å². The standard InChI is InChI=1S/C29H30FN3O3S/c1-22-6-13-26(14-7-22)37(35,36)33-18-16-31(17-19-33)29(34)15-10-24-21-32(28-5-3-2-4-27(24)28)20-23-8-11-25(30)12-9-23/h2-9,11-14,21H,10,15-20H2,1H3. The van der Waals surface area contributed by atoms with Crippen molar-refractivity contribution < 1.29 is 17.6 Å². The normalized spacial score (nSPS) is 14.8. The van der Waals surface area contributed by atoms with Gasteiger partial charge in [0.05, 0.1) is 4.90 Å². The Labute approximate surface area is 217 Å². The first-order chi connectivity index (χ1) is 17.8. The van der Waals surface area contributed by atoms with Crippen LogP contribution >= 0.6 is 0 Å². The third-order valence-corrected chi connectivity index (χ3v) is 8.91. The quantitative estimate of drug-likeness (QED) is 0.359. The molecule has 0 spiro atoms. The van der Waals surface area contributed by atoms with Gasteiger partial charge in [0, 0.05) is 56.2 Å². The summed E-state index contributed by atoms with van der Waals surface area (Å²) >= 11 is 0. The summed E-state index contributed by atoms with van der Waals surface area (Å²) in [6.45, 7) is 3.89. The number of nitrogens with zero attached hydrogens (tertiary/aromatic N) is 3. The lowest BCUT2D eigenvalue weighted by atomic mass is 10.1. The van der Waals surface area contributed by atoms with Crippen molar-refractivity contribution in [3.8, 4) is 0 Å². The van der Waals surface area contributed by atoms with E-state index in [9.17, 15) is 17.6 Å². The number of fused-ring (bicyclic) bond motifs is 1. The van der Waals surface area contributed by atoms with Gasteiger partial charge in [0.1, 0.15) is 5.82 Å². The van der Waals surface area contributed by atoms with Crippen molar-refractivity contribution in [2.75, 3.05) is 26.2 Å². The maximum absolute atomic E-state index is 13.3. The first-order valence-electron chi connectivity index (χ1n) is 12.5. The van der Waals surface area contributed by atoms with Crippen LogP contribution in [0.15, 0.2) is 83.9 Å². The van der Waals surface area contributed by atoms with E-state index in [0.717, 1.165) is 27.6 Å². The van der Waals surface area contributed by atoms with E-state index < -0.39 is 10.0 Å². The number of para-hydroxylation sites is 1. The number of hydrogen-bond donors (Lipinski definition) is 0. The van der Waals surface area contributed by atoms with E-state index in [1.807, 2.05) is 19.1 Å². The number of carbonyl (C=O) groups excluding carboxylic acids is 1. The SMILES string of the molecule is Cc1ccc(S(=O)(=O)N2CCN(C(=O)CCc3cn(Cc4ccc(F)cc4)c4ccccc34)CC2)cc1. The minimum atomic E-state index is -3.56. The van der Waals surface area contributed by atoms with Crippen molar-refractivity contribution in [3.05, 3.63) is 102 Å². The van der Waals surface area contributed by atoms with Crippen LogP contribution in [-0.4, -0.2) is 54.3 Å². The molecule has 0 N–H and O–H groups in total. The molecule has 1 amide bonds. The van der Waals surface area contributed by atoms with Gasteiger partial charge in [-0.2, -0.15) is 4.31 Å². The van der Waals surface area contributed by atoms with Crippen molar-refractivity contribution in [1.82, 2.24) is 13.8 Å². The second-order valence-corrected chi connectivity index (χ2v) is 11.5. The highest BCUT2D eigenvalue weighted by Crippen LogP contribution is 2.24. The van der Waals surface area contributed by atoms with E-state index in [4.69, 9.17) is 0 Å². The number of aryl methyl sites for hydroxylation is 2. The number of rotatable bonds is 7. The molecule has 0 radical (unpaired) electrons. The average Bonchev–Trinajstić information content (AvgIpc) is 3.26. The molecular formula is C29H30FN3O3S. The fraction of sp³-hybridized carbons (Fsp3) is 0.276. The smallest absolute Gasteiger partial charge is 0.243 e. The van der Waals surface area contributed by atoms with Gasteiger partial charge in [-0.05, 0) is 54.8 Å². The predicted octanol–water partition coefficient (Wildman–Crippen LogP) is 4.60. The van der Waals surface area contributed by atoms with Gasteiger partial charge < -0.3 is 9.47 Å². The number of amides is 1. The number of aromatic nitrogens is 1. The molecule has 37 heavy (non-hydrogen) atoms. The van der Waals surface area contributed by atoms with Crippen molar-refractivity contribution in [2.45, 2.75) is 31.2 Å². The molecule has 192 valence electrons. The molecule has 8 heteroatoms. The molecule has 0 bridgehead atoms. The minimum Gasteiger partial charge on any atom is -0.343 e. The van der Waals surface area contributed by atoms with Crippen molar-refractivity contribution >= 4 is 26.8 Å². The molecule has 1 aliphatic heterocycles. The van der Waals surface area contributed by atoms with Crippen LogP contribution < -0.4 is 0 Å². The predicted molar refractivity (Wildman–Crippen MR) is 142 cm³/mol. The summed E-state index contributed by atoms with van der Waals surface area (Å²) in [5, 5.41) is 1.10. The molecule has 0 saturated carbocycles. The summed E-state index contributed by atoms with van der Waals surface area (Å²) in [5.74, 6) is -0.225. The van der Waals surface area contributed by atoms with Crippen LogP contribution in [-0.2, 0) is 27.8 Å². The zero-order valence-corrected chi connectivity index (χ0v) is 21.6. The van der Waals surface area contributed by atoms with Gasteiger partial charge in [-0.3, -0.25) is 4.79 Å². The second kappa shape index (κ2) is 10.5. The summed E-state index contributed by atoms with van der Waals surface area (Å²) in [5.41, 5.74) is 4.17. The second-order valence-electron chi connectivity index (χ2n) is 9.52. The van der Waals surface area contributed by atoms with Gasteiger partial charge in [0.2, 0.25) is 15.9 Å². The highest BCUT2D eigenvalue weighted by molar-refractivity contribution is 7.89. The van der Waals surface area contributed by atoms with Crippen molar-refractivity contribution in [1.29, 1.82) is 0 Å². The molecule has 0 unspecified atom stereocenters. The van der Waals surface area contributed by atoms with Gasteiger partial charge in [-0.1, -0.05) is 48.0 Å². The summed E-state index contributed by atoms with van der Waals surface area (Å²) in [6.07, 6.45) is 3.03. The van der Waals surface area contributed by atoms with Gasteiger partial charge >= 0.3 is 0 Å². The fourth-order valence-corrected chi connectivity index (χ4v) is 6.30. The van der Waals surface area contributed by atoms with Crippen LogP contribution in [0.1, 0.15) is 23.1 Å². The van der Waals surface area contributed by atoms with Crippen LogP contribution in [0.4, 0.5) is 4.39 Å². The van der Waals surface area contributed by atoms with E-state index in [1.54, 1.807) is 41.3 Å². The molecular weight excluding hydrogens is 489 g/mol. The zero-order valence-electron chi connectivity index (χ0n) is 20.8. The topological polar surface area (TPSA) is 62.6 Å². The lowest BCUT2D eigenvalue weighted by Gasteiger charge is -2.34. The van der Waals surface area contributed by atoms with Crippen LogP contribution in [0.3, 0.4) is 0 Å². The molecule has 6 nitrogen and oxygen atoms in total. The Morgan fingerprint density at radius 2 is 1.57 bits per heavy atom. The lowest BCUT2D eigenvalue weighted by Crippen LogP contribution is -2.50. The summed E-state index contributed by atoms with van der Waals surface area (Å²) in [7, 11) is -3.56. The highest BCUT2D eigenvalue weighted by Gasteiger charge is 2.30. The number of sulfonamides is 1. The number of halogens is 1. The zero-order chi connectivity index (χ0) is 26.0. The molecule has 0 atom stereocenters. The van der Waals surface area contributed by atoms with E-state index in [2.05, 4.69) is 22.9 Å². The Morgan fingerprint density at radius 3 is 2.27 bits per heavy atom.